The van der Waals surface area contributed by atoms with Gasteiger partial charge in [-0.15, -0.1) is 0 Å². The van der Waals surface area contributed by atoms with E-state index in [9.17, 15) is 18.0 Å². The van der Waals surface area contributed by atoms with E-state index in [0.717, 1.165) is 5.56 Å². The maximum Gasteiger partial charge on any atom is 0.310 e. The van der Waals surface area contributed by atoms with E-state index in [0.29, 0.717) is 16.7 Å². The molecule has 0 spiro atoms. The lowest BCUT2D eigenvalue weighted by molar-refractivity contribution is 0.601. The molecule has 2 rings (SSSR count). The van der Waals surface area contributed by atoms with E-state index in [-0.39, 0.29) is 11.3 Å². The molecule has 0 aliphatic rings. The molecule has 2 aromatic rings. The second-order valence-electron chi connectivity index (χ2n) is 5.09. The van der Waals surface area contributed by atoms with Crippen molar-refractivity contribution in [3.63, 3.8) is 0 Å². The molecule has 7 heteroatoms. The van der Waals surface area contributed by atoms with Crippen LogP contribution in [0.4, 0.5) is 0 Å². The van der Waals surface area contributed by atoms with Crippen LogP contribution in [0.2, 0.25) is 0 Å². The Bertz CT molecular complexity index is 907. The van der Waals surface area contributed by atoms with Crippen LogP contribution < -0.4 is 11.0 Å². The average Bonchev–Trinajstić information content (AvgIpc) is 2.38. The van der Waals surface area contributed by atoms with Crippen molar-refractivity contribution in [1.29, 1.82) is 0 Å². The summed E-state index contributed by atoms with van der Waals surface area (Å²) in [5.41, 5.74) is 1.59. The highest BCUT2D eigenvalue weighted by atomic mass is 32.2. The first-order valence-corrected chi connectivity index (χ1v) is 8.34. The number of benzene rings is 1. The van der Waals surface area contributed by atoms with Crippen LogP contribution in [0.3, 0.4) is 0 Å². The largest absolute Gasteiger partial charge is 0.310 e. The zero-order valence-electron chi connectivity index (χ0n) is 12.0. The van der Waals surface area contributed by atoms with Crippen LogP contribution in [-0.2, 0) is 15.6 Å². The fourth-order valence-electron chi connectivity index (χ4n) is 2.29. The van der Waals surface area contributed by atoms with Gasteiger partial charge in [-0.3, -0.25) is 14.7 Å². The monoisotopic (exact) mass is 308 g/mol. The molecule has 1 aromatic carbocycles. The van der Waals surface area contributed by atoms with E-state index in [2.05, 4.69) is 10.2 Å². The summed E-state index contributed by atoms with van der Waals surface area (Å²) in [5.74, 6) is -0.0976. The predicted molar refractivity (Wildman–Crippen MR) is 81.1 cm³/mol. The second kappa shape index (κ2) is 5.33. The van der Waals surface area contributed by atoms with E-state index < -0.39 is 20.8 Å². The van der Waals surface area contributed by atoms with Gasteiger partial charge < -0.3 is 5.10 Å². The van der Waals surface area contributed by atoms with Crippen molar-refractivity contribution in [1.82, 2.24) is 10.2 Å². The third kappa shape index (κ3) is 3.13. The fourth-order valence-corrected chi connectivity index (χ4v) is 3.26. The summed E-state index contributed by atoms with van der Waals surface area (Å²) in [7, 11) is -3.19. The number of aromatic amines is 2. The van der Waals surface area contributed by atoms with E-state index in [1.165, 1.54) is 12.5 Å². The Labute approximate surface area is 121 Å². The molecule has 1 heterocycles. The molecule has 2 N–H and O–H groups in total. The van der Waals surface area contributed by atoms with Crippen molar-refractivity contribution in [2.24, 2.45) is 0 Å². The van der Waals surface area contributed by atoms with Crippen molar-refractivity contribution in [3.05, 3.63) is 55.6 Å². The van der Waals surface area contributed by atoms with Gasteiger partial charge in [-0.25, -0.2) is 8.42 Å². The third-order valence-electron chi connectivity index (χ3n) is 3.38. The third-order valence-corrected chi connectivity index (χ3v) is 4.20. The predicted octanol–water partition coefficient (Wildman–Crippen LogP) is 0.892. The summed E-state index contributed by atoms with van der Waals surface area (Å²) in [5, 5.41) is 4.73. The second-order valence-corrected chi connectivity index (χ2v) is 7.23. The Morgan fingerprint density at radius 1 is 1.10 bits per heavy atom. The van der Waals surface area contributed by atoms with Gasteiger partial charge in [0, 0.05) is 12.5 Å². The molecule has 1 aromatic heterocycles. The summed E-state index contributed by atoms with van der Waals surface area (Å²) in [6.07, 6.45) is 2.57. The number of aromatic nitrogens is 2. The highest BCUT2D eigenvalue weighted by Gasteiger charge is 2.16. The van der Waals surface area contributed by atoms with Gasteiger partial charge in [-0.05, 0) is 36.1 Å². The molecule has 0 bridgehead atoms. The van der Waals surface area contributed by atoms with Gasteiger partial charge in [0.2, 0.25) is 0 Å². The van der Waals surface area contributed by atoms with E-state index in [1.807, 2.05) is 6.92 Å². The smallest absolute Gasteiger partial charge is 0.305 e. The Morgan fingerprint density at radius 3 is 2.38 bits per heavy atom. The van der Waals surface area contributed by atoms with Crippen LogP contribution in [0.25, 0.3) is 11.1 Å². The molecule has 112 valence electrons. The zero-order chi connectivity index (χ0) is 15.8. The highest BCUT2D eigenvalue weighted by molar-refractivity contribution is 7.89. The van der Waals surface area contributed by atoms with Gasteiger partial charge in [0.25, 0.3) is 5.43 Å². The lowest BCUT2D eigenvalue weighted by atomic mass is 9.95. The SMILES string of the molecule is Cc1ccc(-c2c[nH][nH]c(=O)c2=O)c(C)c1CS(C)(=O)=O. The maximum absolute atomic E-state index is 11.9. The summed E-state index contributed by atoms with van der Waals surface area (Å²) < 4.78 is 23.1. The van der Waals surface area contributed by atoms with E-state index in [4.69, 9.17) is 0 Å². The van der Waals surface area contributed by atoms with E-state index in [1.54, 1.807) is 19.1 Å². The van der Waals surface area contributed by atoms with Crippen LogP contribution in [0.5, 0.6) is 0 Å². The normalized spacial score (nSPS) is 11.6. The Hall–Kier alpha value is -2.15. The van der Waals surface area contributed by atoms with Crippen molar-refractivity contribution < 1.29 is 8.42 Å². The minimum Gasteiger partial charge on any atom is -0.305 e. The lowest BCUT2D eigenvalue weighted by Crippen LogP contribution is -2.28. The molecule has 21 heavy (non-hydrogen) atoms. The number of hydrogen-bond donors (Lipinski definition) is 2. The first-order valence-electron chi connectivity index (χ1n) is 6.28. The molecular formula is C14H16N2O4S. The average molecular weight is 308 g/mol. The van der Waals surface area contributed by atoms with Gasteiger partial charge in [-0.2, -0.15) is 0 Å². The van der Waals surface area contributed by atoms with Crippen molar-refractivity contribution in [3.8, 4) is 11.1 Å². The molecule has 0 aliphatic heterocycles. The van der Waals surface area contributed by atoms with E-state index >= 15 is 0 Å². The quantitative estimate of drug-likeness (QED) is 0.822. The molecule has 0 atom stereocenters. The zero-order valence-corrected chi connectivity index (χ0v) is 12.8. The van der Waals surface area contributed by atoms with Gasteiger partial charge >= 0.3 is 5.56 Å². The molecule has 0 amide bonds. The maximum atomic E-state index is 11.9. The first kappa shape index (κ1) is 15.2. The Balaban J connectivity index is 2.73. The number of nitrogens with one attached hydrogen (secondary N) is 2. The fraction of sp³-hybridized carbons (Fsp3) is 0.286. The number of H-pyrrole nitrogens is 2. The summed E-state index contributed by atoms with van der Waals surface area (Å²) >= 11 is 0. The van der Waals surface area contributed by atoms with Crippen LogP contribution in [0, 0.1) is 13.8 Å². The van der Waals surface area contributed by atoms with Crippen molar-refractivity contribution in [2.45, 2.75) is 19.6 Å². The molecule has 0 unspecified atom stereocenters. The molecule has 0 saturated heterocycles. The molecule has 0 fully saturated rings. The summed E-state index contributed by atoms with van der Waals surface area (Å²) in [6.45, 7) is 3.57. The van der Waals surface area contributed by atoms with Crippen molar-refractivity contribution >= 4 is 9.84 Å². The minimum absolute atomic E-state index is 0.0976. The molecule has 0 radical (unpaired) electrons. The summed E-state index contributed by atoms with van der Waals surface area (Å²) in [6, 6.07) is 3.48. The van der Waals surface area contributed by atoms with Gasteiger partial charge in [0.15, 0.2) is 9.84 Å². The van der Waals surface area contributed by atoms with Crippen LogP contribution >= 0.6 is 0 Å². The highest BCUT2D eigenvalue weighted by Crippen LogP contribution is 2.26. The Morgan fingerprint density at radius 2 is 1.76 bits per heavy atom. The van der Waals surface area contributed by atoms with Gasteiger partial charge in [-0.1, -0.05) is 12.1 Å². The first-order chi connectivity index (χ1) is 9.70. The number of aryl methyl sites for hydroxylation is 1. The molecule has 0 saturated carbocycles. The summed E-state index contributed by atoms with van der Waals surface area (Å²) in [4.78, 5) is 23.3. The van der Waals surface area contributed by atoms with Crippen molar-refractivity contribution in [2.75, 3.05) is 6.26 Å². The lowest BCUT2D eigenvalue weighted by Gasteiger charge is -2.13. The number of sulfone groups is 1. The van der Waals surface area contributed by atoms with Crippen LogP contribution in [0.1, 0.15) is 16.7 Å². The molecule has 0 aliphatic carbocycles. The van der Waals surface area contributed by atoms with Gasteiger partial charge in [0.1, 0.15) is 0 Å². The number of rotatable bonds is 3. The standard InChI is InChI=1S/C14H16N2O4S/c1-8-4-5-10(9(2)12(8)7-21(3,19)20)11-6-15-16-14(18)13(11)17/h4-6H,7H2,1-3H3,(H,15,17)(H,16,18). The topological polar surface area (TPSA) is 99.9 Å². The molecular weight excluding hydrogens is 292 g/mol. The van der Waals surface area contributed by atoms with Crippen LogP contribution in [-0.4, -0.2) is 24.9 Å². The van der Waals surface area contributed by atoms with Crippen LogP contribution in [0.15, 0.2) is 27.9 Å². The minimum atomic E-state index is -3.19. The van der Waals surface area contributed by atoms with Gasteiger partial charge in [0.05, 0.1) is 11.3 Å². The number of hydrogen-bond acceptors (Lipinski definition) is 4. The Kier molecular flexibility index (Phi) is 3.87. The molecule has 6 nitrogen and oxygen atoms in total.